The van der Waals surface area contributed by atoms with Crippen LogP contribution in [0.25, 0.3) is 0 Å². The second-order valence-corrected chi connectivity index (χ2v) is 10.3. The number of sulfonamides is 2. The van der Waals surface area contributed by atoms with Crippen molar-refractivity contribution in [1.82, 2.24) is 9.44 Å². The van der Waals surface area contributed by atoms with Crippen LogP contribution in [0.15, 0.2) is 58.3 Å². The van der Waals surface area contributed by atoms with Crippen molar-refractivity contribution in [2.75, 3.05) is 0 Å². The number of hydrogen-bond acceptors (Lipinski definition) is 5. The molecule has 0 aliphatic heterocycles. The average molecular weight is 532 g/mol. The first-order chi connectivity index (χ1) is 15.5. The summed E-state index contributed by atoms with van der Waals surface area (Å²) in [5, 5.41) is 0. The molecule has 0 atom stereocenters. The highest BCUT2D eigenvalue weighted by atomic mass is 32.2. The Hall–Kier alpha value is -2.81. The molecule has 34 heavy (non-hydrogen) atoms. The lowest BCUT2D eigenvalue weighted by Gasteiger charge is -2.14. The van der Waals surface area contributed by atoms with Crippen LogP contribution in [0.2, 0.25) is 0 Å². The lowest BCUT2D eigenvalue weighted by atomic mass is 10.1. The minimum atomic E-state index is -4.79. The molecule has 0 radical (unpaired) electrons. The zero-order chi connectivity index (χ0) is 25.8. The van der Waals surface area contributed by atoms with Crippen LogP contribution in [-0.2, 0) is 32.9 Å². The predicted molar refractivity (Wildman–Crippen MR) is 108 cm³/mol. The lowest BCUT2D eigenvalue weighted by Crippen LogP contribution is -2.42. The van der Waals surface area contributed by atoms with Crippen LogP contribution in [-0.4, -0.2) is 35.2 Å². The van der Waals surface area contributed by atoms with Crippen molar-refractivity contribution in [3.8, 4) is 0 Å². The van der Waals surface area contributed by atoms with Crippen LogP contribution in [0.3, 0.4) is 0 Å². The largest absolute Gasteiger partial charge is 0.389 e. The fraction of sp³-hybridized carbons (Fsp3) is 0.316. The normalized spacial score (nSPS) is 12.9. The maximum absolute atomic E-state index is 12.5. The molecule has 0 unspecified atom stereocenters. The number of halogens is 6. The Labute approximate surface area is 191 Å². The summed E-state index contributed by atoms with van der Waals surface area (Å²) in [6, 6.07) is 7.26. The third-order valence-electron chi connectivity index (χ3n) is 4.33. The van der Waals surface area contributed by atoms with Crippen LogP contribution in [0.4, 0.5) is 31.1 Å². The van der Waals surface area contributed by atoms with Crippen LogP contribution in [0.1, 0.15) is 24.0 Å². The minimum absolute atomic E-state index is 0.263. The molecule has 0 fully saturated rings. The predicted octanol–water partition coefficient (Wildman–Crippen LogP) is 4.05. The van der Waals surface area contributed by atoms with E-state index in [0.29, 0.717) is 0 Å². The van der Waals surface area contributed by atoms with E-state index in [2.05, 4.69) is 0 Å². The summed E-state index contributed by atoms with van der Waals surface area (Å²) in [6.45, 7) is 0. The molecule has 0 heterocycles. The van der Waals surface area contributed by atoms with E-state index in [-0.39, 0.29) is 11.1 Å². The van der Waals surface area contributed by atoms with E-state index in [1.54, 1.807) is 0 Å². The number of rotatable bonds is 8. The summed E-state index contributed by atoms with van der Waals surface area (Å²) in [4.78, 5) is 10.8. The smallest absolute Gasteiger partial charge is 0.247 e. The molecule has 7 nitrogen and oxygen atoms in total. The molecule has 0 aromatic heterocycles. The molecule has 188 valence electrons. The summed E-state index contributed by atoms with van der Waals surface area (Å²) in [5.74, 6) is 0. The van der Waals surface area contributed by atoms with Crippen molar-refractivity contribution in [1.29, 1.82) is 0 Å². The van der Waals surface area contributed by atoms with Crippen molar-refractivity contribution in [2.45, 2.75) is 47.8 Å². The first-order valence-corrected chi connectivity index (χ1v) is 12.4. The summed E-state index contributed by atoms with van der Waals surface area (Å²) in [6.07, 6.45) is -13.3. The summed E-state index contributed by atoms with van der Waals surface area (Å²) >= 11 is 0. The number of nitrogens with one attached hydrogen (secondary N) is 2. The first kappa shape index (κ1) is 27.4. The van der Waals surface area contributed by atoms with Crippen LogP contribution >= 0.6 is 0 Å². The van der Waals surface area contributed by atoms with Crippen molar-refractivity contribution < 1.29 is 48.0 Å². The Bertz CT molecular complexity index is 1150. The number of aryl methyl sites for hydroxylation is 2. The van der Waals surface area contributed by atoms with Gasteiger partial charge in [0.1, 0.15) is 0 Å². The Morgan fingerprint density at radius 1 is 0.647 bits per heavy atom. The summed E-state index contributed by atoms with van der Waals surface area (Å²) < 4.78 is 128. The average Bonchev–Trinajstić information content (AvgIpc) is 2.69. The van der Waals surface area contributed by atoms with Gasteiger partial charge in [0.25, 0.3) is 20.0 Å². The Balaban J connectivity index is 2.22. The van der Waals surface area contributed by atoms with Crippen molar-refractivity contribution in [2.24, 2.45) is 0 Å². The third-order valence-corrected chi connectivity index (χ3v) is 7.20. The van der Waals surface area contributed by atoms with Gasteiger partial charge >= 0.3 is 18.4 Å². The molecule has 0 aliphatic carbocycles. The van der Waals surface area contributed by atoms with Crippen LogP contribution < -0.4 is 9.44 Å². The fourth-order valence-electron chi connectivity index (χ4n) is 2.87. The topological polar surface area (TPSA) is 109 Å². The van der Waals surface area contributed by atoms with Gasteiger partial charge in [0, 0.05) is 12.8 Å². The zero-order valence-corrected chi connectivity index (χ0v) is 18.7. The van der Waals surface area contributed by atoms with Crippen molar-refractivity contribution in [3.63, 3.8) is 0 Å². The zero-order valence-electron chi connectivity index (χ0n) is 17.1. The highest BCUT2D eigenvalue weighted by Gasteiger charge is 2.31. The second-order valence-electron chi connectivity index (χ2n) is 6.99. The van der Waals surface area contributed by atoms with Crippen LogP contribution in [0.5, 0.6) is 0 Å². The lowest BCUT2D eigenvalue weighted by molar-refractivity contribution is -0.134. The SMILES string of the molecule is O=C(NS(=O)(=O)c1ccccc1CCC(F)(F)F)NS(=O)(=O)c1ccccc1CCC(F)(F)F. The van der Waals surface area contributed by atoms with E-state index in [0.717, 1.165) is 24.3 Å². The molecule has 2 rings (SSSR count). The molecule has 0 aliphatic rings. The Morgan fingerprint density at radius 3 is 1.29 bits per heavy atom. The van der Waals surface area contributed by atoms with E-state index in [1.165, 1.54) is 33.7 Å². The minimum Gasteiger partial charge on any atom is -0.247 e. The number of carbonyl (C=O) groups is 1. The fourth-order valence-corrected chi connectivity index (χ4v) is 5.29. The molecule has 2 N–H and O–H groups in total. The molecule has 2 aromatic carbocycles. The first-order valence-electron chi connectivity index (χ1n) is 9.39. The molecule has 0 saturated carbocycles. The highest BCUT2D eigenvalue weighted by Crippen LogP contribution is 2.26. The Kier molecular flexibility index (Phi) is 8.24. The molecule has 15 heteroatoms. The molecule has 0 spiro atoms. The number of alkyl halides is 6. The standard InChI is InChI=1S/C19H18F6N2O5S2/c20-18(21,22)11-9-13-5-1-3-7-15(13)33(29,30)26-17(28)27-34(31,32)16-8-4-2-6-14(16)10-12-19(23,24)25/h1-8H,9-12H2,(H2,26,27,28). The maximum Gasteiger partial charge on any atom is 0.389 e. The van der Waals surface area contributed by atoms with Crippen molar-refractivity contribution >= 4 is 26.1 Å². The number of amides is 2. The van der Waals surface area contributed by atoms with E-state index in [1.807, 2.05) is 0 Å². The van der Waals surface area contributed by atoms with Gasteiger partial charge in [-0.05, 0) is 36.1 Å². The monoisotopic (exact) mass is 532 g/mol. The van der Waals surface area contributed by atoms with Gasteiger partial charge in [0.05, 0.1) is 9.79 Å². The van der Waals surface area contributed by atoms with E-state index < -0.39 is 73.9 Å². The van der Waals surface area contributed by atoms with Gasteiger partial charge in [-0.15, -0.1) is 0 Å². The number of urea groups is 1. The number of carbonyl (C=O) groups excluding carboxylic acids is 1. The van der Waals surface area contributed by atoms with Gasteiger partial charge in [0.15, 0.2) is 0 Å². The second kappa shape index (κ2) is 10.2. The van der Waals surface area contributed by atoms with Crippen LogP contribution in [0, 0.1) is 0 Å². The van der Waals surface area contributed by atoms with Gasteiger partial charge in [0.2, 0.25) is 0 Å². The molecule has 0 saturated heterocycles. The van der Waals surface area contributed by atoms with Gasteiger partial charge in [-0.1, -0.05) is 36.4 Å². The molecule has 2 aromatic rings. The van der Waals surface area contributed by atoms with Gasteiger partial charge in [-0.2, -0.15) is 26.3 Å². The summed E-state index contributed by atoms with van der Waals surface area (Å²) in [5.41, 5.74) is -0.527. The van der Waals surface area contributed by atoms with Gasteiger partial charge in [-0.3, -0.25) is 0 Å². The molecular weight excluding hydrogens is 514 g/mol. The number of hydrogen-bond donors (Lipinski definition) is 2. The van der Waals surface area contributed by atoms with Crippen molar-refractivity contribution in [3.05, 3.63) is 59.7 Å². The van der Waals surface area contributed by atoms with E-state index in [4.69, 9.17) is 0 Å². The van der Waals surface area contributed by atoms with E-state index in [9.17, 15) is 48.0 Å². The van der Waals surface area contributed by atoms with Gasteiger partial charge < -0.3 is 0 Å². The Morgan fingerprint density at radius 2 is 0.971 bits per heavy atom. The highest BCUT2D eigenvalue weighted by molar-refractivity contribution is 7.91. The molecule has 2 amide bonds. The third kappa shape index (κ3) is 8.20. The van der Waals surface area contributed by atoms with Gasteiger partial charge in [-0.25, -0.2) is 31.1 Å². The number of benzene rings is 2. The maximum atomic E-state index is 12.5. The quantitative estimate of drug-likeness (QED) is 0.499. The summed E-state index contributed by atoms with van der Waals surface area (Å²) in [7, 11) is -9.59. The van der Waals surface area contributed by atoms with E-state index >= 15 is 0 Å². The molecular formula is C19H18F6N2O5S2. The molecule has 0 bridgehead atoms.